The number of carbonyl (C=O) groups excluding carboxylic acids is 1. The third kappa shape index (κ3) is 4.45. The van der Waals surface area contributed by atoms with Crippen molar-refractivity contribution in [3.05, 3.63) is 48.5 Å². The molecule has 1 atom stereocenters. The van der Waals surface area contributed by atoms with E-state index in [1.165, 1.54) is 21.1 Å². The quantitative estimate of drug-likeness (QED) is 0.800. The molecule has 2 aromatic carbocycles. The van der Waals surface area contributed by atoms with Crippen LogP contribution in [0.1, 0.15) is 6.92 Å². The van der Waals surface area contributed by atoms with E-state index >= 15 is 0 Å². The average Bonchev–Trinajstić information content (AvgIpc) is 2.61. The lowest BCUT2D eigenvalue weighted by molar-refractivity contribution is -0.116. The molecule has 0 aliphatic carbocycles. The highest BCUT2D eigenvalue weighted by Crippen LogP contribution is 2.29. The Morgan fingerprint density at radius 3 is 2.27 bits per heavy atom. The lowest BCUT2D eigenvalue weighted by Crippen LogP contribution is -2.45. The topological polar surface area (TPSA) is 84.9 Å². The number of para-hydroxylation sites is 1. The van der Waals surface area contributed by atoms with E-state index in [-0.39, 0.29) is 0 Å². The van der Waals surface area contributed by atoms with Gasteiger partial charge in [0.2, 0.25) is 15.9 Å². The van der Waals surface area contributed by atoms with Crippen molar-refractivity contribution >= 4 is 27.3 Å². The van der Waals surface area contributed by atoms with Gasteiger partial charge in [0.25, 0.3) is 0 Å². The molecule has 1 amide bonds. The molecule has 0 aromatic heterocycles. The molecule has 0 spiro atoms. The van der Waals surface area contributed by atoms with E-state index in [1.54, 1.807) is 48.5 Å². The summed E-state index contributed by atoms with van der Waals surface area (Å²) >= 11 is 0. The van der Waals surface area contributed by atoms with E-state index in [0.717, 1.165) is 10.6 Å². The second-order valence-electron chi connectivity index (χ2n) is 5.63. The molecule has 0 aliphatic rings. The second kappa shape index (κ2) is 8.09. The van der Waals surface area contributed by atoms with Crippen LogP contribution in [-0.2, 0) is 14.8 Å². The van der Waals surface area contributed by atoms with Crippen LogP contribution in [0.4, 0.5) is 11.4 Å². The molecule has 2 aromatic rings. The number of methoxy groups -OCH3 is 2. The largest absolute Gasteiger partial charge is 0.497 e. The summed E-state index contributed by atoms with van der Waals surface area (Å²) in [7, 11) is -0.660. The number of anilines is 2. The number of hydrogen-bond donors (Lipinski definition) is 1. The molecule has 2 rings (SSSR count). The molecule has 1 N–H and O–H groups in total. The highest BCUT2D eigenvalue weighted by Gasteiger charge is 2.29. The van der Waals surface area contributed by atoms with Gasteiger partial charge in [-0.05, 0) is 31.2 Å². The van der Waals surface area contributed by atoms with Crippen molar-refractivity contribution in [1.29, 1.82) is 0 Å². The number of nitrogens with one attached hydrogen (secondary N) is 1. The summed E-state index contributed by atoms with van der Waals surface area (Å²) in [6.45, 7) is 1.53. The van der Waals surface area contributed by atoms with Gasteiger partial charge >= 0.3 is 0 Å². The minimum Gasteiger partial charge on any atom is -0.497 e. The van der Waals surface area contributed by atoms with Crippen molar-refractivity contribution in [1.82, 2.24) is 0 Å². The normalized spacial score (nSPS) is 12.2. The number of carbonyl (C=O) groups is 1. The van der Waals surface area contributed by atoms with Crippen molar-refractivity contribution < 1.29 is 22.7 Å². The van der Waals surface area contributed by atoms with E-state index in [4.69, 9.17) is 9.47 Å². The molecular weight excluding hydrogens is 356 g/mol. The number of ether oxygens (including phenoxy) is 2. The molecule has 0 bridgehead atoms. The second-order valence-corrected chi connectivity index (χ2v) is 7.49. The van der Waals surface area contributed by atoms with Gasteiger partial charge in [-0.25, -0.2) is 8.42 Å². The van der Waals surface area contributed by atoms with Crippen LogP contribution in [0.2, 0.25) is 0 Å². The molecule has 7 nitrogen and oxygen atoms in total. The van der Waals surface area contributed by atoms with E-state index in [0.29, 0.717) is 22.9 Å². The maximum Gasteiger partial charge on any atom is 0.248 e. The van der Waals surface area contributed by atoms with E-state index in [1.807, 2.05) is 0 Å². The molecule has 0 unspecified atom stereocenters. The third-order valence-electron chi connectivity index (χ3n) is 3.77. The van der Waals surface area contributed by atoms with Crippen LogP contribution in [0, 0.1) is 0 Å². The van der Waals surface area contributed by atoms with Crippen molar-refractivity contribution in [2.45, 2.75) is 13.0 Å². The van der Waals surface area contributed by atoms with Gasteiger partial charge in [-0.15, -0.1) is 0 Å². The Balaban J connectivity index is 2.30. The SMILES string of the molecule is COc1ccc(NC(=O)[C@@H](C)N(c2ccccc2)S(C)(=O)=O)c(OC)c1. The predicted octanol–water partition coefficient (Wildman–Crippen LogP) is 2.50. The fraction of sp³-hybridized carbons (Fsp3) is 0.278. The molecule has 0 radical (unpaired) electrons. The zero-order chi connectivity index (χ0) is 19.3. The number of amides is 1. The highest BCUT2D eigenvalue weighted by atomic mass is 32.2. The maximum absolute atomic E-state index is 12.7. The maximum atomic E-state index is 12.7. The summed E-state index contributed by atoms with van der Waals surface area (Å²) < 4.78 is 35.9. The van der Waals surface area contributed by atoms with Crippen molar-refractivity contribution in [3.63, 3.8) is 0 Å². The van der Waals surface area contributed by atoms with Crippen LogP contribution in [-0.4, -0.2) is 40.8 Å². The number of sulfonamides is 1. The Hall–Kier alpha value is -2.74. The Morgan fingerprint density at radius 1 is 1.08 bits per heavy atom. The molecule has 0 saturated carbocycles. The van der Waals surface area contributed by atoms with Crippen LogP contribution < -0.4 is 19.1 Å². The van der Waals surface area contributed by atoms with Crippen LogP contribution in [0.25, 0.3) is 0 Å². The van der Waals surface area contributed by atoms with Gasteiger partial charge in [0, 0.05) is 6.07 Å². The number of benzene rings is 2. The molecule has 0 aliphatic heterocycles. The lowest BCUT2D eigenvalue weighted by atomic mass is 10.2. The molecule has 0 saturated heterocycles. The van der Waals surface area contributed by atoms with Crippen LogP contribution >= 0.6 is 0 Å². The summed E-state index contributed by atoms with van der Waals surface area (Å²) in [5.41, 5.74) is 0.839. The molecule has 0 heterocycles. The summed E-state index contributed by atoms with van der Waals surface area (Å²) in [4.78, 5) is 12.7. The van der Waals surface area contributed by atoms with Crippen LogP contribution in [0.3, 0.4) is 0 Å². The Bertz CT molecular complexity index is 868. The number of hydrogen-bond acceptors (Lipinski definition) is 5. The summed E-state index contributed by atoms with van der Waals surface area (Å²) in [5.74, 6) is 0.508. The van der Waals surface area contributed by atoms with Crippen molar-refractivity contribution in [2.24, 2.45) is 0 Å². The highest BCUT2D eigenvalue weighted by molar-refractivity contribution is 7.92. The molecular formula is C18H22N2O5S. The van der Waals surface area contributed by atoms with Gasteiger partial charge in [-0.1, -0.05) is 18.2 Å². The zero-order valence-electron chi connectivity index (χ0n) is 15.1. The smallest absolute Gasteiger partial charge is 0.248 e. The Morgan fingerprint density at radius 2 is 1.73 bits per heavy atom. The van der Waals surface area contributed by atoms with E-state index in [2.05, 4.69) is 5.32 Å². The zero-order valence-corrected chi connectivity index (χ0v) is 15.9. The monoisotopic (exact) mass is 378 g/mol. The van der Waals surface area contributed by atoms with Crippen LogP contribution in [0.5, 0.6) is 11.5 Å². The molecule has 26 heavy (non-hydrogen) atoms. The van der Waals surface area contributed by atoms with Crippen molar-refractivity contribution in [3.8, 4) is 11.5 Å². The van der Waals surface area contributed by atoms with E-state index in [9.17, 15) is 13.2 Å². The summed E-state index contributed by atoms with van der Waals surface area (Å²) in [5, 5.41) is 2.71. The van der Waals surface area contributed by atoms with Gasteiger partial charge in [0.15, 0.2) is 0 Å². The Kier molecular flexibility index (Phi) is 6.10. The summed E-state index contributed by atoms with van der Waals surface area (Å²) in [6.07, 6.45) is 1.07. The van der Waals surface area contributed by atoms with Gasteiger partial charge in [0.05, 0.1) is 31.9 Å². The summed E-state index contributed by atoms with van der Waals surface area (Å²) in [6, 6.07) is 12.5. The van der Waals surface area contributed by atoms with Crippen LogP contribution in [0.15, 0.2) is 48.5 Å². The van der Waals surface area contributed by atoms with Gasteiger partial charge in [-0.2, -0.15) is 0 Å². The number of nitrogens with zero attached hydrogens (tertiary/aromatic N) is 1. The van der Waals surface area contributed by atoms with Gasteiger partial charge in [-0.3, -0.25) is 9.10 Å². The first-order chi connectivity index (χ1) is 12.3. The first-order valence-electron chi connectivity index (χ1n) is 7.85. The standard InChI is InChI=1S/C18H22N2O5S/c1-13(20(26(4,22)23)14-8-6-5-7-9-14)18(21)19-16-11-10-15(24-2)12-17(16)25-3/h5-13H,1-4H3,(H,19,21)/t13-/m1/s1. The lowest BCUT2D eigenvalue weighted by Gasteiger charge is -2.28. The first-order valence-corrected chi connectivity index (χ1v) is 9.70. The third-order valence-corrected chi connectivity index (χ3v) is 5.01. The minimum absolute atomic E-state index is 0.413. The van der Waals surface area contributed by atoms with Gasteiger partial charge in [0.1, 0.15) is 17.5 Å². The fourth-order valence-electron chi connectivity index (χ4n) is 2.52. The predicted molar refractivity (Wildman–Crippen MR) is 101 cm³/mol. The van der Waals surface area contributed by atoms with E-state index < -0.39 is 22.0 Å². The fourth-order valence-corrected chi connectivity index (χ4v) is 3.70. The molecule has 140 valence electrons. The number of rotatable bonds is 7. The average molecular weight is 378 g/mol. The first kappa shape index (κ1) is 19.6. The van der Waals surface area contributed by atoms with Gasteiger partial charge < -0.3 is 14.8 Å². The molecule has 8 heteroatoms. The Labute approximate surface area is 153 Å². The molecule has 0 fully saturated rings. The minimum atomic E-state index is -3.66. The van der Waals surface area contributed by atoms with Crippen molar-refractivity contribution in [2.75, 3.05) is 30.1 Å².